The molecule has 1 unspecified atom stereocenters. The summed E-state index contributed by atoms with van der Waals surface area (Å²) in [7, 11) is 0. The van der Waals surface area contributed by atoms with Crippen LogP contribution in [0, 0.1) is 0 Å². The molecule has 140 valence electrons. The Balaban J connectivity index is 1.54. The lowest BCUT2D eigenvalue weighted by atomic mass is 10.2. The van der Waals surface area contributed by atoms with E-state index in [1.54, 1.807) is 11.3 Å². The molecule has 2 aromatic heterocycles. The van der Waals surface area contributed by atoms with Gasteiger partial charge < -0.3 is 20.3 Å². The van der Waals surface area contributed by atoms with Crippen LogP contribution in [0.5, 0.6) is 0 Å². The summed E-state index contributed by atoms with van der Waals surface area (Å²) in [4.78, 5) is 11.5. The van der Waals surface area contributed by atoms with Gasteiger partial charge >= 0.3 is 0 Å². The van der Waals surface area contributed by atoms with Gasteiger partial charge in [-0.1, -0.05) is 6.07 Å². The minimum absolute atomic E-state index is 0.258. The van der Waals surface area contributed by atoms with Crippen LogP contribution in [0.25, 0.3) is 0 Å². The Morgan fingerprint density at radius 1 is 1.35 bits per heavy atom. The number of aromatic nitrogens is 1. The lowest BCUT2D eigenvalue weighted by Crippen LogP contribution is -2.41. The monoisotopic (exact) mass is 373 g/mol. The largest absolute Gasteiger partial charge is 0.375 e. The molecule has 1 aliphatic rings. The molecule has 0 saturated carbocycles. The van der Waals surface area contributed by atoms with Gasteiger partial charge in [-0.25, -0.2) is 9.98 Å². The molecule has 1 aliphatic heterocycles. The van der Waals surface area contributed by atoms with Crippen molar-refractivity contribution in [3.63, 3.8) is 0 Å². The summed E-state index contributed by atoms with van der Waals surface area (Å²) in [6.07, 6.45) is 2.19. The van der Waals surface area contributed by atoms with Crippen LogP contribution in [0.3, 0.4) is 0 Å². The molecule has 0 aromatic carbocycles. The normalized spacial score (nSPS) is 18.0. The fourth-order valence-electron chi connectivity index (χ4n) is 2.82. The van der Waals surface area contributed by atoms with E-state index in [4.69, 9.17) is 4.74 Å². The molecular formula is C19H27N5OS. The first-order valence-electron chi connectivity index (χ1n) is 9.09. The second kappa shape index (κ2) is 9.54. The number of hydrogen-bond acceptors (Lipinski definition) is 5. The van der Waals surface area contributed by atoms with Crippen LogP contribution in [0.15, 0.2) is 40.1 Å². The van der Waals surface area contributed by atoms with Crippen LogP contribution in [-0.4, -0.2) is 43.3 Å². The number of morpholine rings is 1. The molecule has 1 fully saturated rings. The van der Waals surface area contributed by atoms with Crippen molar-refractivity contribution in [2.24, 2.45) is 4.99 Å². The number of aliphatic imine (C=N–C) groups is 1. The van der Waals surface area contributed by atoms with Crippen molar-refractivity contribution >= 4 is 23.1 Å². The van der Waals surface area contributed by atoms with Gasteiger partial charge in [0, 0.05) is 32.4 Å². The highest BCUT2D eigenvalue weighted by Gasteiger charge is 2.17. The van der Waals surface area contributed by atoms with Crippen molar-refractivity contribution in [1.29, 1.82) is 0 Å². The Bertz CT molecular complexity index is 686. The lowest BCUT2D eigenvalue weighted by Gasteiger charge is -2.32. The quantitative estimate of drug-likeness (QED) is 0.602. The van der Waals surface area contributed by atoms with E-state index in [0.29, 0.717) is 13.1 Å². The van der Waals surface area contributed by atoms with Crippen molar-refractivity contribution in [1.82, 2.24) is 15.6 Å². The highest BCUT2D eigenvalue weighted by atomic mass is 32.1. The van der Waals surface area contributed by atoms with Crippen LogP contribution in [0.1, 0.15) is 25.0 Å². The SMILES string of the molecule is CCNC(=NCc1ccsc1)NCc1ccc(N2CCOC(C)C2)nc1. The van der Waals surface area contributed by atoms with Crippen molar-refractivity contribution in [3.8, 4) is 0 Å². The zero-order valence-electron chi connectivity index (χ0n) is 15.4. The second-order valence-corrected chi connectivity index (χ2v) is 7.11. The van der Waals surface area contributed by atoms with Gasteiger partial charge in [0.1, 0.15) is 5.82 Å². The van der Waals surface area contributed by atoms with Crippen molar-refractivity contribution in [2.45, 2.75) is 33.0 Å². The average molecular weight is 374 g/mol. The highest BCUT2D eigenvalue weighted by molar-refractivity contribution is 7.07. The zero-order valence-corrected chi connectivity index (χ0v) is 16.3. The number of nitrogens with one attached hydrogen (secondary N) is 2. The van der Waals surface area contributed by atoms with Crippen LogP contribution in [0.4, 0.5) is 5.82 Å². The topological polar surface area (TPSA) is 61.8 Å². The van der Waals surface area contributed by atoms with Crippen molar-refractivity contribution < 1.29 is 4.74 Å². The molecule has 26 heavy (non-hydrogen) atoms. The number of thiophene rings is 1. The number of pyridine rings is 1. The Hall–Kier alpha value is -2.12. The average Bonchev–Trinajstić information content (AvgIpc) is 3.18. The van der Waals surface area contributed by atoms with Crippen LogP contribution in [0.2, 0.25) is 0 Å². The molecule has 0 aliphatic carbocycles. The van der Waals surface area contributed by atoms with Gasteiger partial charge in [0.25, 0.3) is 0 Å². The molecule has 3 heterocycles. The standard InChI is InChI=1S/C19H27N5OS/c1-3-20-19(23-12-17-6-9-26-14-17)22-11-16-4-5-18(21-10-16)24-7-8-25-15(2)13-24/h4-6,9-10,14-15H,3,7-8,11-13H2,1-2H3,(H2,20,22,23). The number of ether oxygens (including phenoxy) is 1. The molecule has 2 aromatic rings. The number of nitrogens with zero attached hydrogens (tertiary/aromatic N) is 3. The maximum Gasteiger partial charge on any atom is 0.191 e. The summed E-state index contributed by atoms with van der Waals surface area (Å²) in [5, 5.41) is 10.9. The number of anilines is 1. The molecule has 3 rings (SSSR count). The Morgan fingerprint density at radius 3 is 2.96 bits per heavy atom. The van der Waals surface area contributed by atoms with Crippen LogP contribution in [-0.2, 0) is 17.8 Å². The molecule has 7 heteroatoms. The van der Waals surface area contributed by atoms with E-state index in [9.17, 15) is 0 Å². The predicted molar refractivity (Wildman–Crippen MR) is 108 cm³/mol. The molecule has 0 bridgehead atoms. The maximum atomic E-state index is 5.59. The number of hydrogen-bond donors (Lipinski definition) is 2. The van der Waals surface area contributed by atoms with E-state index >= 15 is 0 Å². The molecule has 0 radical (unpaired) electrons. The maximum absolute atomic E-state index is 5.59. The lowest BCUT2D eigenvalue weighted by molar-refractivity contribution is 0.0529. The minimum atomic E-state index is 0.258. The first kappa shape index (κ1) is 18.7. The third-order valence-corrected chi connectivity index (χ3v) is 4.91. The van der Waals surface area contributed by atoms with Crippen LogP contribution >= 0.6 is 11.3 Å². The number of guanidine groups is 1. The van der Waals surface area contributed by atoms with Gasteiger partial charge in [0.15, 0.2) is 5.96 Å². The highest BCUT2D eigenvalue weighted by Crippen LogP contribution is 2.15. The molecule has 0 spiro atoms. The van der Waals surface area contributed by atoms with Crippen molar-refractivity contribution in [2.75, 3.05) is 31.1 Å². The molecule has 1 atom stereocenters. The summed E-state index contributed by atoms with van der Waals surface area (Å²) >= 11 is 1.70. The van der Waals surface area contributed by atoms with Crippen LogP contribution < -0.4 is 15.5 Å². The van der Waals surface area contributed by atoms with E-state index in [2.05, 4.69) is 68.3 Å². The van der Waals surface area contributed by atoms with E-state index < -0.39 is 0 Å². The Morgan fingerprint density at radius 2 is 2.27 bits per heavy atom. The molecular weight excluding hydrogens is 346 g/mol. The molecule has 0 amide bonds. The van der Waals surface area contributed by atoms with Gasteiger partial charge in [-0.2, -0.15) is 11.3 Å². The van der Waals surface area contributed by atoms with E-state index in [1.165, 1.54) is 5.56 Å². The van der Waals surface area contributed by atoms with Gasteiger partial charge in [0.05, 0.1) is 19.3 Å². The second-order valence-electron chi connectivity index (χ2n) is 6.33. The van der Waals surface area contributed by atoms with E-state index in [-0.39, 0.29) is 6.10 Å². The molecule has 6 nitrogen and oxygen atoms in total. The minimum Gasteiger partial charge on any atom is -0.375 e. The Labute approximate surface area is 159 Å². The first-order valence-corrected chi connectivity index (χ1v) is 10.0. The van der Waals surface area contributed by atoms with Gasteiger partial charge in [-0.05, 0) is 47.9 Å². The van der Waals surface area contributed by atoms with Gasteiger partial charge in [0.2, 0.25) is 0 Å². The van der Waals surface area contributed by atoms with E-state index in [1.807, 2.05) is 6.20 Å². The summed E-state index contributed by atoms with van der Waals surface area (Å²) < 4.78 is 5.59. The number of rotatable bonds is 6. The predicted octanol–water partition coefficient (Wildman–Crippen LogP) is 2.62. The smallest absolute Gasteiger partial charge is 0.191 e. The summed E-state index contributed by atoms with van der Waals surface area (Å²) in [6, 6.07) is 6.31. The van der Waals surface area contributed by atoms with E-state index in [0.717, 1.165) is 43.6 Å². The fourth-order valence-corrected chi connectivity index (χ4v) is 3.48. The molecule has 2 N–H and O–H groups in total. The van der Waals surface area contributed by atoms with Gasteiger partial charge in [-0.3, -0.25) is 0 Å². The van der Waals surface area contributed by atoms with Crippen molar-refractivity contribution in [3.05, 3.63) is 46.3 Å². The first-order chi connectivity index (χ1) is 12.7. The van der Waals surface area contributed by atoms with Gasteiger partial charge in [-0.15, -0.1) is 0 Å². The fraction of sp³-hybridized carbons (Fsp3) is 0.474. The summed E-state index contributed by atoms with van der Waals surface area (Å²) in [6.45, 7) is 8.94. The summed E-state index contributed by atoms with van der Waals surface area (Å²) in [5.74, 6) is 1.84. The molecule has 1 saturated heterocycles. The zero-order chi connectivity index (χ0) is 18.2. The third kappa shape index (κ3) is 5.44. The Kier molecular flexibility index (Phi) is 6.85. The third-order valence-electron chi connectivity index (χ3n) is 4.18. The summed E-state index contributed by atoms with van der Waals surface area (Å²) in [5.41, 5.74) is 2.37.